The lowest BCUT2D eigenvalue weighted by Crippen LogP contribution is -2.44. The van der Waals surface area contributed by atoms with Crippen LogP contribution >= 0.6 is 0 Å². The molecule has 0 radical (unpaired) electrons. The molecule has 3 aromatic rings. The second-order valence-electron chi connectivity index (χ2n) is 6.30. The molecule has 1 N–H and O–H groups in total. The molecule has 1 aliphatic heterocycles. The van der Waals surface area contributed by atoms with Gasteiger partial charge in [0.05, 0.1) is 21.9 Å². The maximum Gasteiger partial charge on any atom is 0.226 e. The highest BCUT2D eigenvalue weighted by molar-refractivity contribution is 7.90. The van der Waals surface area contributed by atoms with Gasteiger partial charge in [-0.25, -0.2) is 18.4 Å². The normalized spacial score (nSPS) is 15.3. The Morgan fingerprint density at radius 3 is 2.38 bits per heavy atom. The smallest absolute Gasteiger partial charge is 0.226 e. The minimum Gasteiger partial charge on any atom is -0.338 e. The van der Waals surface area contributed by atoms with Crippen LogP contribution in [0.2, 0.25) is 0 Å². The third-order valence-corrected chi connectivity index (χ3v) is 6.14. The molecule has 26 heavy (non-hydrogen) atoms. The lowest BCUT2D eigenvalue weighted by Gasteiger charge is -2.27. The predicted molar refractivity (Wildman–Crippen MR) is 102 cm³/mol. The van der Waals surface area contributed by atoms with Crippen molar-refractivity contribution >= 4 is 26.7 Å². The fourth-order valence-electron chi connectivity index (χ4n) is 3.14. The Bertz CT molecular complexity index is 1020. The quantitative estimate of drug-likeness (QED) is 0.759. The molecule has 0 spiro atoms. The van der Waals surface area contributed by atoms with E-state index in [0.29, 0.717) is 16.5 Å². The molecule has 2 heterocycles. The maximum atomic E-state index is 12.8. The average molecular weight is 368 g/mol. The number of hydrogen-bond donors (Lipinski definition) is 1. The van der Waals surface area contributed by atoms with Crippen LogP contribution in [0.25, 0.3) is 10.9 Å². The first kappa shape index (κ1) is 16.9. The number of fused-ring (bicyclic) bond motifs is 1. The second kappa shape index (κ2) is 7.01. The van der Waals surface area contributed by atoms with Crippen LogP contribution < -0.4 is 10.2 Å². The highest BCUT2D eigenvalue weighted by Gasteiger charge is 2.21. The van der Waals surface area contributed by atoms with Crippen molar-refractivity contribution in [3.8, 4) is 0 Å². The predicted octanol–water partition coefficient (Wildman–Crippen LogP) is 2.01. The van der Waals surface area contributed by atoms with Gasteiger partial charge in [0.15, 0.2) is 9.84 Å². The summed E-state index contributed by atoms with van der Waals surface area (Å²) < 4.78 is 25.7. The van der Waals surface area contributed by atoms with Crippen molar-refractivity contribution in [3.63, 3.8) is 0 Å². The Labute approximate surface area is 152 Å². The van der Waals surface area contributed by atoms with Gasteiger partial charge in [-0.3, -0.25) is 0 Å². The first-order chi connectivity index (χ1) is 12.6. The Morgan fingerprint density at radius 2 is 1.62 bits per heavy atom. The van der Waals surface area contributed by atoms with Crippen LogP contribution in [-0.4, -0.2) is 44.6 Å². The molecule has 0 bridgehead atoms. The number of rotatable bonds is 4. The number of para-hydroxylation sites is 1. The summed E-state index contributed by atoms with van der Waals surface area (Å²) in [4.78, 5) is 11.7. The van der Waals surface area contributed by atoms with E-state index in [1.54, 1.807) is 24.3 Å². The minimum atomic E-state index is -3.47. The van der Waals surface area contributed by atoms with E-state index in [0.717, 1.165) is 37.1 Å². The molecular formula is C19H20N4O2S. The zero-order valence-corrected chi connectivity index (χ0v) is 15.1. The molecule has 0 amide bonds. The molecule has 2 aromatic carbocycles. The van der Waals surface area contributed by atoms with Crippen LogP contribution in [0.1, 0.15) is 5.69 Å². The largest absolute Gasteiger partial charge is 0.338 e. The lowest BCUT2D eigenvalue weighted by molar-refractivity contribution is 0.579. The van der Waals surface area contributed by atoms with Gasteiger partial charge in [-0.05, 0) is 18.2 Å². The number of nitrogens with zero attached hydrogens (tertiary/aromatic N) is 3. The summed E-state index contributed by atoms with van der Waals surface area (Å²) in [6, 6.07) is 16.1. The fraction of sp³-hybridized carbons (Fsp3) is 0.263. The molecule has 0 aliphatic carbocycles. The Balaban J connectivity index is 1.78. The summed E-state index contributed by atoms with van der Waals surface area (Å²) >= 11 is 0. The van der Waals surface area contributed by atoms with Crippen molar-refractivity contribution in [3.05, 3.63) is 60.3 Å². The van der Waals surface area contributed by atoms with E-state index in [4.69, 9.17) is 0 Å². The minimum absolute atomic E-state index is 0.140. The summed E-state index contributed by atoms with van der Waals surface area (Å²) in [5, 5.41) is 4.09. The molecule has 0 unspecified atom stereocenters. The zero-order chi connectivity index (χ0) is 18.0. The first-order valence-corrected chi connectivity index (χ1v) is 10.3. The van der Waals surface area contributed by atoms with Gasteiger partial charge in [0.1, 0.15) is 0 Å². The monoisotopic (exact) mass is 368 g/mol. The van der Waals surface area contributed by atoms with Crippen LogP contribution in [0.3, 0.4) is 0 Å². The Kier molecular flexibility index (Phi) is 4.57. The van der Waals surface area contributed by atoms with Gasteiger partial charge in [0.2, 0.25) is 5.95 Å². The summed E-state index contributed by atoms with van der Waals surface area (Å²) in [7, 11) is -3.47. The van der Waals surface area contributed by atoms with Gasteiger partial charge in [0, 0.05) is 31.6 Å². The van der Waals surface area contributed by atoms with Crippen molar-refractivity contribution in [2.24, 2.45) is 0 Å². The highest BCUT2D eigenvalue weighted by atomic mass is 32.2. The molecule has 134 valence electrons. The Hall–Kier alpha value is -2.51. The Morgan fingerprint density at radius 1 is 0.923 bits per heavy atom. The zero-order valence-electron chi connectivity index (χ0n) is 14.3. The van der Waals surface area contributed by atoms with Gasteiger partial charge in [-0.2, -0.15) is 0 Å². The molecule has 0 atom stereocenters. The van der Waals surface area contributed by atoms with E-state index in [1.807, 2.05) is 30.3 Å². The van der Waals surface area contributed by atoms with Gasteiger partial charge in [0.25, 0.3) is 0 Å². The van der Waals surface area contributed by atoms with Gasteiger partial charge < -0.3 is 10.2 Å². The number of hydrogen-bond acceptors (Lipinski definition) is 6. The SMILES string of the molecule is O=S(=O)(Cc1nc(N2CCNCC2)nc2ccccc12)c1ccccc1. The number of aromatic nitrogens is 2. The number of benzene rings is 2. The van der Waals surface area contributed by atoms with Gasteiger partial charge in [-0.1, -0.05) is 36.4 Å². The molecule has 6 nitrogen and oxygen atoms in total. The van der Waals surface area contributed by atoms with E-state index >= 15 is 0 Å². The van der Waals surface area contributed by atoms with Crippen molar-refractivity contribution < 1.29 is 8.42 Å². The lowest BCUT2D eigenvalue weighted by atomic mass is 10.2. The van der Waals surface area contributed by atoms with Crippen LogP contribution in [0.5, 0.6) is 0 Å². The van der Waals surface area contributed by atoms with E-state index in [2.05, 4.69) is 20.2 Å². The van der Waals surface area contributed by atoms with Crippen molar-refractivity contribution in [1.82, 2.24) is 15.3 Å². The van der Waals surface area contributed by atoms with Crippen LogP contribution in [0.15, 0.2) is 59.5 Å². The first-order valence-electron chi connectivity index (χ1n) is 8.63. The number of sulfone groups is 1. The second-order valence-corrected chi connectivity index (χ2v) is 8.29. The third-order valence-electron chi connectivity index (χ3n) is 4.50. The maximum absolute atomic E-state index is 12.8. The molecule has 1 aliphatic rings. The molecular weight excluding hydrogens is 348 g/mol. The van der Waals surface area contributed by atoms with Crippen molar-refractivity contribution in [1.29, 1.82) is 0 Å². The van der Waals surface area contributed by atoms with Gasteiger partial charge in [-0.15, -0.1) is 0 Å². The molecule has 4 rings (SSSR count). The van der Waals surface area contributed by atoms with Crippen LogP contribution in [0.4, 0.5) is 5.95 Å². The molecule has 1 saturated heterocycles. The van der Waals surface area contributed by atoms with Crippen molar-refractivity contribution in [2.75, 3.05) is 31.1 Å². The number of anilines is 1. The van der Waals surface area contributed by atoms with E-state index in [-0.39, 0.29) is 5.75 Å². The molecule has 7 heteroatoms. The van der Waals surface area contributed by atoms with Gasteiger partial charge >= 0.3 is 0 Å². The molecule has 1 fully saturated rings. The summed E-state index contributed by atoms with van der Waals surface area (Å²) in [6.45, 7) is 3.36. The van der Waals surface area contributed by atoms with Crippen molar-refractivity contribution in [2.45, 2.75) is 10.6 Å². The standard InChI is InChI=1S/C19H20N4O2S/c24-26(25,15-6-2-1-3-7-15)14-18-16-8-4-5-9-17(16)21-19(22-18)23-12-10-20-11-13-23/h1-9,20H,10-14H2. The van der Waals surface area contributed by atoms with E-state index in [9.17, 15) is 8.42 Å². The number of piperazine rings is 1. The van der Waals surface area contributed by atoms with Crippen LogP contribution in [-0.2, 0) is 15.6 Å². The summed E-state index contributed by atoms with van der Waals surface area (Å²) in [6.07, 6.45) is 0. The summed E-state index contributed by atoms with van der Waals surface area (Å²) in [5.41, 5.74) is 1.32. The average Bonchev–Trinajstić information content (AvgIpc) is 2.69. The van der Waals surface area contributed by atoms with E-state index in [1.165, 1.54) is 0 Å². The van der Waals surface area contributed by atoms with E-state index < -0.39 is 9.84 Å². The molecule has 0 saturated carbocycles. The topological polar surface area (TPSA) is 75.2 Å². The van der Waals surface area contributed by atoms with Crippen LogP contribution in [0, 0.1) is 0 Å². The summed E-state index contributed by atoms with van der Waals surface area (Å²) in [5.74, 6) is 0.461. The number of nitrogens with one attached hydrogen (secondary N) is 1. The third kappa shape index (κ3) is 3.40. The fourth-order valence-corrected chi connectivity index (χ4v) is 4.45. The highest BCUT2D eigenvalue weighted by Crippen LogP contribution is 2.24. The molecule has 1 aromatic heterocycles.